The Balaban J connectivity index is 2.32. The molecule has 0 radical (unpaired) electrons. The van der Waals surface area contributed by atoms with Crippen LogP contribution in [0.1, 0.15) is 17.9 Å². The van der Waals surface area contributed by atoms with Crippen LogP contribution >= 0.6 is 23.2 Å². The molecule has 0 saturated heterocycles. The summed E-state index contributed by atoms with van der Waals surface area (Å²) in [5, 5.41) is 9.79. The van der Waals surface area contributed by atoms with E-state index in [1.54, 1.807) is 36.4 Å². The van der Waals surface area contributed by atoms with E-state index in [4.69, 9.17) is 32.7 Å². The molecular weight excluding hydrogens is 517 g/mol. The van der Waals surface area contributed by atoms with Gasteiger partial charge in [0.1, 0.15) is 5.92 Å². The fourth-order valence-electron chi connectivity index (χ4n) is 3.91. The van der Waals surface area contributed by atoms with Gasteiger partial charge in [0.15, 0.2) is 0 Å². The number of carbonyl (C=O) groups is 3. The first-order valence-corrected chi connectivity index (χ1v) is 12.3. The van der Waals surface area contributed by atoms with Gasteiger partial charge in [0, 0.05) is 26.6 Å². The molecule has 8 nitrogen and oxygen atoms in total. The summed E-state index contributed by atoms with van der Waals surface area (Å²) in [4.78, 5) is 42.5. The van der Waals surface area contributed by atoms with Gasteiger partial charge in [-0.3, -0.25) is 18.8 Å². The van der Waals surface area contributed by atoms with Gasteiger partial charge in [0.25, 0.3) is 0 Å². The van der Waals surface area contributed by atoms with Crippen molar-refractivity contribution in [3.63, 3.8) is 0 Å². The number of halogens is 2. The molecule has 0 aromatic heterocycles. The number of carboxylic acids is 1. The van der Waals surface area contributed by atoms with Gasteiger partial charge in [0.2, 0.25) is 0 Å². The fourth-order valence-corrected chi connectivity index (χ4v) is 5.64. The van der Waals surface area contributed by atoms with E-state index in [0.717, 1.165) is 14.2 Å². The second-order valence-corrected chi connectivity index (χ2v) is 9.71. The number of hydrogen-bond acceptors (Lipinski definition) is 7. The first-order chi connectivity index (χ1) is 16.7. The Bertz CT molecular complexity index is 1220. The summed E-state index contributed by atoms with van der Waals surface area (Å²) in [6, 6.07) is 13.1. The lowest BCUT2D eigenvalue weighted by molar-refractivity contribution is -0.143. The number of rotatable bonds is 8. The minimum Gasteiger partial charge on any atom is -0.481 e. The normalized spacial score (nSPS) is 18.5. The SMILES string of the molecule is COC(=O)C1=C(CS(=O)c2ccccc2)N=C(CC(=O)O)C(C(=O)OC)C1c1c(Cl)cccc1Cl. The van der Waals surface area contributed by atoms with Gasteiger partial charge in [0.05, 0.1) is 48.5 Å². The van der Waals surface area contributed by atoms with Crippen LogP contribution in [0.5, 0.6) is 0 Å². The summed E-state index contributed by atoms with van der Waals surface area (Å²) in [6.45, 7) is 0. The van der Waals surface area contributed by atoms with Gasteiger partial charge in [-0.2, -0.15) is 0 Å². The monoisotopic (exact) mass is 537 g/mol. The van der Waals surface area contributed by atoms with Crippen molar-refractivity contribution in [1.82, 2.24) is 0 Å². The molecule has 11 heteroatoms. The zero-order chi connectivity index (χ0) is 25.7. The number of aliphatic imine (C=N–C) groups is 1. The Kier molecular flexibility index (Phi) is 8.82. The summed E-state index contributed by atoms with van der Waals surface area (Å²) in [5.74, 6) is -5.72. The van der Waals surface area contributed by atoms with Gasteiger partial charge < -0.3 is 14.6 Å². The van der Waals surface area contributed by atoms with Crippen molar-refractivity contribution in [1.29, 1.82) is 0 Å². The van der Waals surface area contributed by atoms with Gasteiger partial charge in [-0.15, -0.1) is 0 Å². The molecule has 1 N–H and O–H groups in total. The van der Waals surface area contributed by atoms with Crippen molar-refractivity contribution in [2.45, 2.75) is 17.2 Å². The second kappa shape index (κ2) is 11.6. The number of carbonyl (C=O) groups excluding carboxylic acids is 2. The highest BCUT2D eigenvalue weighted by Crippen LogP contribution is 2.46. The number of hydrogen-bond donors (Lipinski definition) is 1. The average Bonchev–Trinajstić information content (AvgIpc) is 2.83. The van der Waals surface area contributed by atoms with Gasteiger partial charge in [-0.25, -0.2) is 4.79 Å². The van der Waals surface area contributed by atoms with Crippen LogP contribution in [-0.4, -0.2) is 52.9 Å². The number of esters is 2. The first kappa shape index (κ1) is 26.6. The zero-order valence-electron chi connectivity index (χ0n) is 18.7. The Morgan fingerprint density at radius 3 is 2.17 bits per heavy atom. The van der Waals surface area contributed by atoms with E-state index in [0.29, 0.717) is 4.90 Å². The van der Waals surface area contributed by atoms with Crippen LogP contribution in [0.25, 0.3) is 0 Å². The second-order valence-electron chi connectivity index (χ2n) is 7.44. The lowest BCUT2D eigenvalue weighted by Gasteiger charge is -2.33. The van der Waals surface area contributed by atoms with Crippen LogP contribution < -0.4 is 0 Å². The van der Waals surface area contributed by atoms with Crippen molar-refractivity contribution < 1.29 is 33.2 Å². The topological polar surface area (TPSA) is 119 Å². The van der Waals surface area contributed by atoms with Gasteiger partial charge in [-0.1, -0.05) is 47.5 Å². The van der Waals surface area contributed by atoms with E-state index in [2.05, 4.69) is 4.99 Å². The maximum Gasteiger partial charge on any atom is 0.336 e. The van der Waals surface area contributed by atoms with Crippen molar-refractivity contribution in [2.75, 3.05) is 20.0 Å². The van der Waals surface area contributed by atoms with E-state index >= 15 is 0 Å². The third-order valence-electron chi connectivity index (χ3n) is 5.37. The van der Waals surface area contributed by atoms with Crippen molar-refractivity contribution in [3.05, 3.63) is 75.4 Å². The maximum atomic E-state index is 13.1. The highest BCUT2D eigenvalue weighted by Gasteiger charge is 2.46. The Morgan fingerprint density at radius 1 is 1.00 bits per heavy atom. The van der Waals surface area contributed by atoms with Crippen LogP contribution in [0.4, 0.5) is 0 Å². The quantitative estimate of drug-likeness (QED) is 0.504. The van der Waals surface area contributed by atoms with Gasteiger partial charge >= 0.3 is 17.9 Å². The lowest BCUT2D eigenvalue weighted by Crippen LogP contribution is -2.39. The number of nitrogens with zero attached hydrogens (tertiary/aromatic N) is 1. The lowest BCUT2D eigenvalue weighted by atomic mass is 9.74. The molecule has 0 bridgehead atoms. The predicted molar refractivity (Wildman–Crippen MR) is 131 cm³/mol. The molecule has 3 unspecified atom stereocenters. The van der Waals surface area contributed by atoms with Crippen molar-refractivity contribution in [2.24, 2.45) is 10.9 Å². The minimum absolute atomic E-state index is 0.0106. The number of benzene rings is 2. The predicted octanol–water partition coefficient (Wildman–Crippen LogP) is 4.03. The zero-order valence-corrected chi connectivity index (χ0v) is 21.0. The first-order valence-electron chi connectivity index (χ1n) is 10.2. The molecule has 0 fully saturated rings. The van der Waals surface area contributed by atoms with Crippen LogP contribution in [0, 0.1) is 5.92 Å². The molecule has 0 aliphatic carbocycles. The summed E-state index contributed by atoms with van der Waals surface area (Å²) in [6.07, 6.45) is -0.631. The van der Waals surface area contributed by atoms with E-state index in [-0.39, 0.29) is 38.3 Å². The Morgan fingerprint density at radius 2 is 1.63 bits per heavy atom. The molecule has 2 aromatic rings. The third kappa shape index (κ3) is 5.80. The molecule has 2 aromatic carbocycles. The summed E-state index contributed by atoms with van der Waals surface area (Å²) >= 11 is 12.9. The average molecular weight is 538 g/mol. The number of carboxylic acid groups (broad SMARTS) is 1. The molecule has 0 spiro atoms. The summed E-state index contributed by atoms with van der Waals surface area (Å²) in [5.41, 5.74) is 0.0261. The molecule has 0 saturated carbocycles. The van der Waals surface area contributed by atoms with E-state index in [1.165, 1.54) is 12.1 Å². The highest BCUT2D eigenvalue weighted by atomic mass is 35.5. The highest BCUT2D eigenvalue weighted by molar-refractivity contribution is 7.85. The largest absolute Gasteiger partial charge is 0.481 e. The van der Waals surface area contributed by atoms with Crippen LogP contribution in [0.3, 0.4) is 0 Å². The Hall–Kier alpha value is -3.01. The number of ether oxygens (including phenoxy) is 2. The number of methoxy groups -OCH3 is 2. The smallest absolute Gasteiger partial charge is 0.336 e. The third-order valence-corrected chi connectivity index (χ3v) is 7.36. The van der Waals surface area contributed by atoms with Crippen LogP contribution in [-0.2, 0) is 34.7 Å². The molecular formula is C24H21Cl2NO7S. The summed E-state index contributed by atoms with van der Waals surface area (Å²) < 4.78 is 23.1. The maximum absolute atomic E-state index is 13.1. The molecule has 184 valence electrons. The van der Waals surface area contributed by atoms with E-state index < -0.39 is 47.0 Å². The van der Waals surface area contributed by atoms with Crippen molar-refractivity contribution >= 4 is 57.6 Å². The molecule has 1 heterocycles. The Labute approximate surface area is 214 Å². The van der Waals surface area contributed by atoms with E-state index in [1.807, 2.05) is 0 Å². The number of aliphatic carboxylic acids is 1. The molecule has 0 amide bonds. The fraction of sp³-hybridized carbons (Fsp3) is 0.250. The van der Waals surface area contributed by atoms with Crippen molar-refractivity contribution in [3.8, 4) is 0 Å². The van der Waals surface area contributed by atoms with Gasteiger partial charge in [-0.05, 0) is 29.8 Å². The van der Waals surface area contributed by atoms with Crippen LogP contribution in [0.15, 0.2) is 69.7 Å². The van der Waals surface area contributed by atoms with Crippen LogP contribution in [0.2, 0.25) is 10.0 Å². The molecule has 3 atom stereocenters. The van der Waals surface area contributed by atoms with E-state index in [9.17, 15) is 23.7 Å². The molecule has 3 rings (SSSR count). The standard InChI is InChI=1S/C24H21Cl2NO7S/c1-33-23(30)20-16(11-18(28)29)27-17(12-35(32)13-7-4-3-5-8-13)21(24(31)34-2)22(20)19-14(25)9-6-10-15(19)26/h3-10,20,22H,11-12H2,1-2H3,(H,28,29). The molecule has 35 heavy (non-hydrogen) atoms. The minimum atomic E-state index is -1.66. The summed E-state index contributed by atoms with van der Waals surface area (Å²) in [7, 11) is 0.625. The molecule has 1 aliphatic rings. The molecule has 1 aliphatic heterocycles.